The van der Waals surface area contributed by atoms with E-state index in [0.717, 1.165) is 6.07 Å². The van der Waals surface area contributed by atoms with Crippen molar-refractivity contribution in [2.24, 2.45) is 0 Å². The van der Waals surface area contributed by atoms with Crippen molar-refractivity contribution in [3.63, 3.8) is 0 Å². The molecule has 15 heavy (non-hydrogen) atoms. The molecule has 0 amide bonds. The molecule has 0 radical (unpaired) electrons. The zero-order chi connectivity index (χ0) is 11.3. The standard InChI is InChI=1S/C11H15F2NO/c1-8(4-5-15)14-7-9-2-3-10(12)11(13)6-9/h2-3,6,8,14-15H,4-5,7H2,1H3. The molecule has 1 unspecified atom stereocenters. The zero-order valence-electron chi connectivity index (χ0n) is 8.63. The van der Waals surface area contributed by atoms with Gasteiger partial charge in [0.2, 0.25) is 0 Å². The molecule has 1 aromatic rings. The van der Waals surface area contributed by atoms with Gasteiger partial charge in [0.1, 0.15) is 0 Å². The Balaban J connectivity index is 2.47. The fourth-order valence-corrected chi connectivity index (χ4v) is 1.24. The number of halogens is 2. The van der Waals surface area contributed by atoms with E-state index in [1.165, 1.54) is 12.1 Å². The number of rotatable bonds is 5. The number of hydrogen-bond acceptors (Lipinski definition) is 2. The minimum Gasteiger partial charge on any atom is -0.396 e. The number of aliphatic hydroxyl groups excluding tert-OH is 1. The highest BCUT2D eigenvalue weighted by molar-refractivity contribution is 5.17. The van der Waals surface area contributed by atoms with E-state index in [1.54, 1.807) is 0 Å². The summed E-state index contributed by atoms with van der Waals surface area (Å²) in [5.41, 5.74) is 0.693. The van der Waals surface area contributed by atoms with Gasteiger partial charge in [-0.25, -0.2) is 8.78 Å². The minimum absolute atomic E-state index is 0.117. The van der Waals surface area contributed by atoms with Gasteiger partial charge in [0.15, 0.2) is 11.6 Å². The van der Waals surface area contributed by atoms with E-state index >= 15 is 0 Å². The summed E-state index contributed by atoms with van der Waals surface area (Å²) in [6.45, 7) is 2.51. The van der Waals surface area contributed by atoms with Gasteiger partial charge in [0, 0.05) is 19.2 Å². The van der Waals surface area contributed by atoms with E-state index in [-0.39, 0.29) is 12.6 Å². The van der Waals surface area contributed by atoms with E-state index in [2.05, 4.69) is 5.32 Å². The molecule has 0 heterocycles. The minimum atomic E-state index is -0.831. The third-order valence-electron chi connectivity index (χ3n) is 2.20. The Bertz CT molecular complexity index is 317. The van der Waals surface area contributed by atoms with Gasteiger partial charge in [-0.3, -0.25) is 0 Å². The summed E-state index contributed by atoms with van der Waals surface area (Å²) < 4.78 is 25.4. The van der Waals surface area contributed by atoms with Gasteiger partial charge in [-0.15, -0.1) is 0 Å². The van der Waals surface area contributed by atoms with Crippen molar-refractivity contribution in [3.8, 4) is 0 Å². The number of aliphatic hydroxyl groups is 1. The maximum absolute atomic E-state index is 12.8. The third-order valence-corrected chi connectivity index (χ3v) is 2.20. The van der Waals surface area contributed by atoms with Crippen LogP contribution in [0.3, 0.4) is 0 Å². The van der Waals surface area contributed by atoms with Crippen molar-refractivity contribution >= 4 is 0 Å². The summed E-state index contributed by atoms with van der Waals surface area (Å²) in [6, 6.07) is 3.98. The van der Waals surface area contributed by atoms with Crippen LogP contribution >= 0.6 is 0 Å². The van der Waals surface area contributed by atoms with Crippen molar-refractivity contribution in [2.75, 3.05) is 6.61 Å². The Hall–Kier alpha value is -1.00. The summed E-state index contributed by atoms with van der Waals surface area (Å²) in [5, 5.41) is 11.8. The molecule has 0 aromatic heterocycles. The molecule has 1 rings (SSSR count). The molecule has 0 aliphatic heterocycles. The van der Waals surface area contributed by atoms with Gasteiger partial charge in [-0.1, -0.05) is 6.07 Å². The maximum Gasteiger partial charge on any atom is 0.159 e. The molecule has 2 nitrogen and oxygen atoms in total. The lowest BCUT2D eigenvalue weighted by molar-refractivity contribution is 0.268. The van der Waals surface area contributed by atoms with Gasteiger partial charge < -0.3 is 10.4 Å². The van der Waals surface area contributed by atoms with Gasteiger partial charge in [-0.2, -0.15) is 0 Å². The lowest BCUT2D eigenvalue weighted by atomic mass is 10.2. The van der Waals surface area contributed by atoms with Gasteiger partial charge >= 0.3 is 0 Å². The lowest BCUT2D eigenvalue weighted by Gasteiger charge is -2.12. The largest absolute Gasteiger partial charge is 0.396 e. The normalized spacial score (nSPS) is 12.8. The molecule has 0 bridgehead atoms. The summed E-state index contributed by atoms with van der Waals surface area (Å²) in [5.74, 6) is -1.66. The van der Waals surface area contributed by atoms with Crippen molar-refractivity contribution in [3.05, 3.63) is 35.4 Å². The number of nitrogens with one attached hydrogen (secondary N) is 1. The molecule has 0 saturated heterocycles. The highest BCUT2D eigenvalue weighted by Gasteiger charge is 2.04. The van der Waals surface area contributed by atoms with Crippen LogP contribution < -0.4 is 5.32 Å². The monoisotopic (exact) mass is 215 g/mol. The molecule has 1 aromatic carbocycles. The van der Waals surface area contributed by atoms with Crippen molar-refractivity contribution in [1.29, 1.82) is 0 Å². The number of hydrogen-bond donors (Lipinski definition) is 2. The highest BCUT2D eigenvalue weighted by Crippen LogP contribution is 2.08. The highest BCUT2D eigenvalue weighted by atomic mass is 19.2. The van der Waals surface area contributed by atoms with Crippen molar-refractivity contribution in [2.45, 2.75) is 25.9 Å². The van der Waals surface area contributed by atoms with Crippen LogP contribution in [0.15, 0.2) is 18.2 Å². The first-order chi connectivity index (χ1) is 7.13. The average Bonchev–Trinajstić information content (AvgIpc) is 2.20. The van der Waals surface area contributed by atoms with E-state index in [9.17, 15) is 8.78 Å². The second-order valence-electron chi connectivity index (χ2n) is 3.54. The van der Waals surface area contributed by atoms with Crippen molar-refractivity contribution in [1.82, 2.24) is 5.32 Å². The summed E-state index contributed by atoms with van der Waals surface area (Å²) in [6.07, 6.45) is 0.643. The summed E-state index contributed by atoms with van der Waals surface area (Å²) in [4.78, 5) is 0. The molecule has 4 heteroatoms. The fourth-order valence-electron chi connectivity index (χ4n) is 1.24. The molecule has 2 N–H and O–H groups in total. The van der Waals surface area contributed by atoms with Crippen LogP contribution in [0.1, 0.15) is 18.9 Å². The maximum atomic E-state index is 12.8. The Morgan fingerprint density at radius 3 is 2.67 bits per heavy atom. The van der Waals surface area contributed by atoms with E-state index in [0.29, 0.717) is 18.5 Å². The Morgan fingerprint density at radius 2 is 2.07 bits per heavy atom. The Kier molecular flexibility index (Phi) is 4.65. The van der Waals surface area contributed by atoms with Crippen molar-refractivity contribution < 1.29 is 13.9 Å². The van der Waals surface area contributed by atoms with Crippen LogP contribution in [-0.2, 0) is 6.54 Å². The van der Waals surface area contributed by atoms with Crippen LogP contribution in [-0.4, -0.2) is 17.8 Å². The van der Waals surface area contributed by atoms with E-state index < -0.39 is 11.6 Å². The molecule has 0 saturated carbocycles. The first-order valence-corrected chi connectivity index (χ1v) is 4.91. The predicted octanol–water partition coefficient (Wildman–Crippen LogP) is 1.83. The second-order valence-corrected chi connectivity index (χ2v) is 3.54. The number of benzene rings is 1. The van der Waals surface area contributed by atoms with E-state index in [1.807, 2.05) is 6.92 Å². The Labute approximate surface area is 87.9 Å². The molecular weight excluding hydrogens is 200 g/mol. The van der Waals surface area contributed by atoms with Gasteiger partial charge in [-0.05, 0) is 31.0 Å². The first-order valence-electron chi connectivity index (χ1n) is 4.91. The molecule has 0 aliphatic carbocycles. The topological polar surface area (TPSA) is 32.3 Å². The molecule has 0 spiro atoms. The molecule has 0 fully saturated rings. The van der Waals surface area contributed by atoms with Crippen LogP contribution in [0.4, 0.5) is 8.78 Å². The zero-order valence-corrected chi connectivity index (χ0v) is 8.63. The Morgan fingerprint density at radius 1 is 1.33 bits per heavy atom. The predicted molar refractivity (Wildman–Crippen MR) is 54.4 cm³/mol. The third kappa shape index (κ3) is 3.93. The van der Waals surface area contributed by atoms with Gasteiger partial charge in [0.25, 0.3) is 0 Å². The summed E-state index contributed by atoms with van der Waals surface area (Å²) in [7, 11) is 0. The molecule has 84 valence electrons. The SMILES string of the molecule is CC(CCO)NCc1ccc(F)c(F)c1. The van der Waals surface area contributed by atoms with E-state index in [4.69, 9.17) is 5.11 Å². The smallest absolute Gasteiger partial charge is 0.159 e. The lowest BCUT2D eigenvalue weighted by Crippen LogP contribution is -2.26. The summed E-state index contributed by atoms with van der Waals surface area (Å²) >= 11 is 0. The second kappa shape index (κ2) is 5.78. The van der Waals surface area contributed by atoms with Crippen LogP contribution in [0.5, 0.6) is 0 Å². The fraction of sp³-hybridized carbons (Fsp3) is 0.455. The van der Waals surface area contributed by atoms with Crippen LogP contribution in [0.2, 0.25) is 0 Å². The van der Waals surface area contributed by atoms with Crippen LogP contribution in [0.25, 0.3) is 0 Å². The van der Waals surface area contributed by atoms with Gasteiger partial charge in [0.05, 0.1) is 0 Å². The first kappa shape index (κ1) is 12.1. The average molecular weight is 215 g/mol. The molecular formula is C11H15F2NO. The quantitative estimate of drug-likeness (QED) is 0.785. The molecule has 0 aliphatic rings. The molecule has 1 atom stereocenters. The van der Waals surface area contributed by atoms with Crippen LogP contribution in [0, 0.1) is 11.6 Å².